The first-order chi connectivity index (χ1) is 14.1. The van der Waals surface area contributed by atoms with Crippen molar-refractivity contribution in [2.24, 2.45) is 5.92 Å². The molecule has 2 aromatic rings. The van der Waals surface area contributed by atoms with Gasteiger partial charge in [-0.1, -0.05) is 24.3 Å². The lowest BCUT2D eigenvalue weighted by Gasteiger charge is -2.47. The zero-order chi connectivity index (χ0) is 20.4. The second kappa shape index (κ2) is 8.47. The van der Waals surface area contributed by atoms with Crippen LogP contribution in [0.2, 0.25) is 0 Å². The number of nitrogens with zero attached hydrogens (tertiary/aromatic N) is 2. The zero-order valence-electron chi connectivity index (χ0n) is 16.3. The lowest BCUT2D eigenvalue weighted by Crippen LogP contribution is -2.52. The normalized spacial score (nSPS) is 23.4. The molecule has 2 aliphatic heterocycles. The molecule has 0 aliphatic carbocycles. The van der Waals surface area contributed by atoms with Gasteiger partial charge in [0.15, 0.2) is 0 Å². The van der Waals surface area contributed by atoms with E-state index in [1.165, 1.54) is 6.07 Å². The summed E-state index contributed by atoms with van der Waals surface area (Å²) in [4.78, 5) is 27.3. The molecule has 0 spiro atoms. The Labute approximate surface area is 169 Å². The molecule has 29 heavy (non-hydrogen) atoms. The highest BCUT2D eigenvalue weighted by atomic mass is 19.1. The van der Waals surface area contributed by atoms with Crippen molar-refractivity contribution in [2.75, 3.05) is 32.8 Å². The van der Waals surface area contributed by atoms with Gasteiger partial charge in [-0.05, 0) is 30.0 Å². The van der Waals surface area contributed by atoms with Gasteiger partial charge in [-0.15, -0.1) is 0 Å². The van der Waals surface area contributed by atoms with Crippen LogP contribution in [-0.2, 0) is 11.2 Å². The molecular weight excluding hydrogens is 373 g/mol. The Morgan fingerprint density at radius 1 is 1.17 bits per heavy atom. The maximum Gasteiger partial charge on any atom is 0.251 e. The summed E-state index contributed by atoms with van der Waals surface area (Å²) in [5.74, 6) is -0.191. The summed E-state index contributed by atoms with van der Waals surface area (Å²) in [6.07, 6.45) is 0.930. The molecule has 3 atom stereocenters. The van der Waals surface area contributed by atoms with Crippen molar-refractivity contribution in [1.29, 1.82) is 0 Å². The van der Waals surface area contributed by atoms with E-state index >= 15 is 0 Å². The minimum absolute atomic E-state index is 0.0279. The average Bonchev–Trinajstić information content (AvgIpc) is 2.70. The largest absolute Gasteiger partial charge is 0.395 e. The fourth-order valence-electron chi connectivity index (χ4n) is 4.82. The number of carbonyl (C=O) groups excluding carboxylic acids is 1. The van der Waals surface area contributed by atoms with E-state index in [1.54, 1.807) is 30.3 Å². The van der Waals surface area contributed by atoms with E-state index in [0.29, 0.717) is 18.7 Å². The third kappa shape index (κ3) is 4.11. The van der Waals surface area contributed by atoms with Crippen LogP contribution in [0.4, 0.5) is 4.39 Å². The van der Waals surface area contributed by atoms with E-state index in [-0.39, 0.29) is 42.4 Å². The molecule has 0 saturated carbocycles. The predicted octanol–water partition coefficient (Wildman–Crippen LogP) is 1.30. The summed E-state index contributed by atoms with van der Waals surface area (Å²) in [5.41, 5.74) is 1.30. The maximum absolute atomic E-state index is 13.8. The summed E-state index contributed by atoms with van der Waals surface area (Å²) < 4.78 is 15.7. The third-order valence-corrected chi connectivity index (χ3v) is 6.11. The molecule has 2 N–H and O–H groups in total. The number of carbonyl (C=O) groups is 1. The molecular formula is C22H26FN3O3. The smallest absolute Gasteiger partial charge is 0.251 e. The number of piperidine rings is 1. The Bertz CT molecular complexity index is 945. The van der Waals surface area contributed by atoms with Crippen LogP contribution in [0.3, 0.4) is 0 Å². The molecule has 1 saturated heterocycles. The van der Waals surface area contributed by atoms with Crippen molar-refractivity contribution in [1.82, 2.24) is 14.8 Å². The number of fused-ring (bicyclic) bond motifs is 4. The fraction of sp³-hybridized carbons (Fsp3) is 0.455. The second-order valence-corrected chi connectivity index (χ2v) is 7.97. The van der Waals surface area contributed by atoms with E-state index in [9.17, 15) is 19.1 Å². The summed E-state index contributed by atoms with van der Waals surface area (Å²) in [5, 5.41) is 12.3. The van der Waals surface area contributed by atoms with Crippen LogP contribution >= 0.6 is 0 Å². The van der Waals surface area contributed by atoms with E-state index in [2.05, 4.69) is 10.2 Å². The lowest BCUT2D eigenvalue weighted by molar-refractivity contribution is -0.120. The molecule has 2 aliphatic rings. The number of benzene rings is 1. The van der Waals surface area contributed by atoms with Crippen LogP contribution in [0.25, 0.3) is 0 Å². The quantitative estimate of drug-likeness (QED) is 0.768. The van der Waals surface area contributed by atoms with Gasteiger partial charge >= 0.3 is 0 Å². The van der Waals surface area contributed by atoms with Crippen molar-refractivity contribution in [3.63, 3.8) is 0 Å². The van der Waals surface area contributed by atoms with Crippen LogP contribution in [0.5, 0.6) is 0 Å². The molecule has 6 nitrogen and oxygen atoms in total. The van der Waals surface area contributed by atoms with Crippen LogP contribution in [0.15, 0.2) is 47.3 Å². The van der Waals surface area contributed by atoms with Crippen molar-refractivity contribution in [2.45, 2.75) is 24.8 Å². The molecule has 1 aromatic heterocycles. The number of likely N-dealkylation sites (tertiary alicyclic amines) is 1. The predicted molar refractivity (Wildman–Crippen MR) is 107 cm³/mol. The Hall–Kier alpha value is -2.51. The van der Waals surface area contributed by atoms with Crippen LogP contribution < -0.4 is 10.9 Å². The monoisotopic (exact) mass is 399 g/mol. The molecule has 0 radical (unpaired) electrons. The number of hydrogen-bond donors (Lipinski definition) is 2. The molecule has 1 fully saturated rings. The molecule has 4 rings (SSSR count). The number of β-amino-alcohol motifs (C(OH)–C–C–N with tert-alkyl or cyclic N) is 1. The lowest BCUT2D eigenvalue weighted by atomic mass is 9.78. The summed E-state index contributed by atoms with van der Waals surface area (Å²) >= 11 is 0. The van der Waals surface area contributed by atoms with Gasteiger partial charge in [0.25, 0.3) is 5.56 Å². The number of aromatic nitrogens is 1. The first-order valence-corrected chi connectivity index (χ1v) is 10.1. The molecule has 2 bridgehead atoms. The number of nitrogens with one attached hydrogen (secondary N) is 1. The first kappa shape index (κ1) is 19.8. The van der Waals surface area contributed by atoms with Gasteiger partial charge in [0.05, 0.1) is 19.1 Å². The Morgan fingerprint density at radius 2 is 2.00 bits per heavy atom. The highest BCUT2D eigenvalue weighted by Crippen LogP contribution is 2.40. The van der Waals surface area contributed by atoms with Gasteiger partial charge in [-0.25, -0.2) is 4.39 Å². The summed E-state index contributed by atoms with van der Waals surface area (Å²) in [6.45, 7) is 2.65. The van der Waals surface area contributed by atoms with Gasteiger partial charge in [0, 0.05) is 43.9 Å². The zero-order valence-corrected chi connectivity index (χ0v) is 16.3. The first-order valence-electron chi connectivity index (χ1n) is 10.1. The highest BCUT2D eigenvalue weighted by Gasteiger charge is 2.40. The molecule has 1 amide bonds. The number of amides is 1. The van der Waals surface area contributed by atoms with Crippen molar-refractivity contribution >= 4 is 5.91 Å². The van der Waals surface area contributed by atoms with E-state index in [0.717, 1.165) is 25.2 Å². The number of aliphatic hydroxyl groups excluding tert-OH is 1. The molecule has 7 heteroatoms. The molecule has 154 valence electrons. The number of hydrogen-bond acceptors (Lipinski definition) is 4. The topological polar surface area (TPSA) is 74.6 Å². The van der Waals surface area contributed by atoms with E-state index in [1.807, 2.05) is 10.6 Å². The van der Waals surface area contributed by atoms with Crippen LogP contribution in [-0.4, -0.2) is 53.3 Å². The fourth-order valence-corrected chi connectivity index (χ4v) is 4.82. The minimum atomic E-state index is -0.392. The van der Waals surface area contributed by atoms with Gasteiger partial charge in [0.2, 0.25) is 5.91 Å². The minimum Gasteiger partial charge on any atom is -0.395 e. The van der Waals surface area contributed by atoms with Gasteiger partial charge in [0.1, 0.15) is 5.82 Å². The molecule has 0 unspecified atom stereocenters. The van der Waals surface area contributed by atoms with E-state index < -0.39 is 5.82 Å². The van der Waals surface area contributed by atoms with Crippen molar-refractivity contribution in [3.8, 4) is 0 Å². The summed E-state index contributed by atoms with van der Waals surface area (Å²) in [6, 6.07) is 11.4. The van der Waals surface area contributed by atoms with Gasteiger partial charge in [-0.3, -0.25) is 9.59 Å². The second-order valence-electron chi connectivity index (χ2n) is 7.97. The highest BCUT2D eigenvalue weighted by molar-refractivity contribution is 5.78. The van der Waals surface area contributed by atoms with Crippen LogP contribution in [0.1, 0.15) is 29.6 Å². The van der Waals surface area contributed by atoms with Gasteiger partial charge in [-0.2, -0.15) is 0 Å². The third-order valence-electron chi connectivity index (χ3n) is 6.11. The SMILES string of the molecule is O=C(Cc1ccccc1F)NC[C@H]1[C@H]2C[C@H](CN(CCO)C2)c2cccc(=O)n21. The number of pyridine rings is 1. The maximum atomic E-state index is 13.8. The molecule has 3 heterocycles. The molecule has 1 aromatic carbocycles. The van der Waals surface area contributed by atoms with Crippen molar-refractivity contribution < 1.29 is 14.3 Å². The number of rotatable bonds is 6. The number of aliphatic hydroxyl groups is 1. The Balaban J connectivity index is 1.53. The Morgan fingerprint density at radius 3 is 2.79 bits per heavy atom. The summed E-state index contributed by atoms with van der Waals surface area (Å²) in [7, 11) is 0. The van der Waals surface area contributed by atoms with Gasteiger partial charge < -0.3 is 19.9 Å². The Kier molecular flexibility index (Phi) is 5.78. The van der Waals surface area contributed by atoms with Crippen molar-refractivity contribution in [3.05, 3.63) is 69.9 Å². The average molecular weight is 399 g/mol. The standard InChI is InChI=1S/C22H26FN3O3/c23-18-5-2-1-4-15(18)11-21(28)24-12-20-17-10-16(13-25(14-17)8-9-27)19-6-3-7-22(29)26(19)20/h1-7,16-17,20,27H,8-14H2,(H,24,28)/t16-,17+,20+/m1/s1. The van der Waals surface area contributed by atoms with Crippen LogP contribution in [0, 0.1) is 11.7 Å². The number of halogens is 1. The van der Waals surface area contributed by atoms with E-state index in [4.69, 9.17) is 0 Å².